The molecule has 4 aromatic rings. The number of carbonyl (C=O) groups is 2. The highest BCUT2D eigenvalue weighted by Crippen LogP contribution is 2.37. The molecule has 0 radical (unpaired) electrons. The van der Waals surface area contributed by atoms with Crippen LogP contribution >= 0.6 is 0 Å². The number of aromatic nitrogens is 2. The Morgan fingerprint density at radius 1 is 1.09 bits per heavy atom. The number of nitrogens with one attached hydrogen (secondary N) is 2. The van der Waals surface area contributed by atoms with Gasteiger partial charge in [0.25, 0.3) is 5.91 Å². The van der Waals surface area contributed by atoms with E-state index in [1.54, 1.807) is 18.3 Å². The fraction of sp³-hybridized carbons (Fsp3) is 0.240. The number of hydrogen-bond donors (Lipinski definition) is 5. The first-order valence-electron chi connectivity index (χ1n) is 10.9. The van der Waals surface area contributed by atoms with Gasteiger partial charge in [0.05, 0.1) is 22.9 Å². The summed E-state index contributed by atoms with van der Waals surface area (Å²) in [5.41, 5.74) is 9.51. The lowest BCUT2D eigenvalue weighted by Gasteiger charge is -2.27. The molecule has 1 saturated carbocycles. The molecule has 168 valence electrons. The zero-order chi connectivity index (χ0) is 23.1. The lowest BCUT2D eigenvalue weighted by molar-refractivity contribution is 0.0699. The number of fused-ring (bicyclic) bond motifs is 3. The van der Waals surface area contributed by atoms with Gasteiger partial charge in [-0.25, -0.2) is 9.78 Å². The molecule has 0 atom stereocenters. The van der Waals surface area contributed by atoms with Gasteiger partial charge >= 0.3 is 5.97 Å². The predicted octanol–water partition coefficient (Wildman–Crippen LogP) is 3.90. The Bertz CT molecular complexity index is 1390. The number of aliphatic hydroxyl groups is 1. The quantitative estimate of drug-likeness (QED) is 0.316. The molecule has 8 heteroatoms. The van der Waals surface area contributed by atoms with Crippen LogP contribution in [0.25, 0.3) is 32.9 Å². The lowest BCUT2D eigenvalue weighted by Crippen LogP contribution is -2.29. The molecule has 1 fully saturated rings. The minimum absolute atomic E-state index is 0.103. The fourth-order valence-corrected chi connectivity index (χ4v) is 4.73. The Morgan fingerprint density at radius 2 is 1.85 bits per heavy atom. The molecular weight excluding hydrogens is 420 g/mol. The van der Waals surface area contributed by atoms with Gasteiger partial charge in [0.1, 0.15) is 0 Å². The van der Waals surface area contributed by atoms with Crippen molar-refractivity contribution in [3.8, 4) is 11.1 Å². The number of benzene rings is 2. The Hall–Kier alpha value is -3.91. The van der Waals surface area contributed by atoms with Gasteiger partial charge in [-0.3, -0.25) is 4.79 Å². The molecule has 0 spiro atoms. The van der Waals surface area contributed by atoms with Crippen molar-refractivity contribution in [3.63, 3.8) is 0 Å². The average Bonchev–Trinajstić information content (AvgIpc) is 3.19. The van der Waals surface area contributed by atoms with Crippen molar-refractivity contribution >= 4 is 39.4 Å². The van der Waals surface area contributed by atoms with Crippen molar-refractivity contribution < 1.29 is 19.8 Å². The summed E-state index contributed by atoms with van der Waals surface area (Å²) in [6.45, 7) is 0. The first-order valence-corrected chi connectivity index (χ1v) is 10.9. The maximum atomic E-state index is 12.0. The van der Waals surface area contributed by atoms with Gasteiger partial charge in [0.2, 0.25) is 0 Å². The normalized spacial score (nSPS) is 18.5. The molecule has 1 aliphatic carbocycles. The number of amides is 1. The van der Waals surface area contributed by atoms with Crippen molar-refractivity contribution in [3.05, 3.63) is 59.9 Å². The van der Waals surface area contributed by atoms with E-state index in [1.807, 2.05) is 30.3 Å². The first kappa shape index (κ1) is 21.0. The fourth-order valence-electron chi connectivity index (χ4n) is 4.73. The van der Waals surface area contributed by atoms with Crippen LogP contribution in [0.3, 0.4) is 0 Å². The maximum Gasteiger partial charge on any atom is 0.336 e. The molecule has 0 saturated heterocycles. The molecule has 0 unspecified atom stereocenters. The second kappa shape index (κ2) is 8.22. The van der Waals surface area contributed by atoms with E-state index in [1.165, 1.54) is 0 Å². The zero-order valence-corrected chi connectivity index (χ0v) is 17.8. The standard InChI is InChI=1S/C25H24N4O4/c26-24(31)23-20(28-14-5-7-15(30)8-6-14)11-13(12-27-23)16-9-10-18(25(32)33)21-17-3-1-2-4-19(17)29-22(16)21/h1-4,9-12,14-15,28-30H,5-8H2,(H2,26,31)(H,32,33). The number of rotatable bonds is 5. The second-order valence-electron chi connectivity index (χ2n) is 8.52. The molecule has 6 N–H and O–H groups in total. The number of hydrogen-bond acceptors (Lipinski definition) is 5. The molecule has 2 heterocycles. The molecule has 2 aromatic carbocycles. The van der Waals surface area contributed by atoms with Gasteiger partial charge in [0.15, 0.2) is 5.69 Å². The average molecular weight is 444 g/mol. The van der Waals surface area contributed by atoms with Crippen LogP contribution in [0.5, 0.6) is 0 Å². The van der Waals surface area contributed by atoms with Gasteiger partial charge < -0.3 is 26.2 Å². The minimum Gasteiger partial charge on any atom is -0.478 e. The summed E-state index contributed by atoms with van der Waals surface area (Å²) >= 11 is 0. The number of carbonyl (C=O) groups excluding carboxylic acids is 1. The Morgan fingerprint density at radius 3 is 2.58 bits per heavy atom. The molecule has 2 aromatic heterocycles. The smallest absolute Gasteiger partial charge is 0.336 e. The number of anilines is 1. The summed E-state index contributed by atoms with van der Waals surface area (Å²) in [4.78, 5) is 31.6. The summed E-state index contributed by atoms with van der Waals surface area (Å²) in [6, 6.07) is 12.8. The van der Waals surface area contributed by atoms with Crippen LogP contribution in [-0.2, 0) is 0 Å². The first-order chi connectivity index (χ1) is 15.9. The van der Waals surface area contributed by atoms with Crippen molar-refractivity contribution in [2.45, 2.75) is 37.8 Å². The maximum absolute atomic E-state index is 12.0. The molecule has 1 amide bonds. The Balaban J connectivity index is 1.65. The number of carboxylic acid groups (broad SMARTS) is 1. The third-order valence-corrected chi connectivity index (χ3v) is 6.38. The van der Waals surface area contributed by atoms with Gasteiger partial charge in [-0.2, -0.15) is 0 Å². The third kappa shape index (κ3) is 3.78. The summed E-state index contributed by atoms with van der Waals surface area (Å²) in [7, 11) is 0. The lowest BCUT2D eigenvalue weighted by atomic mass is 9.92. The Kier molecular flexibility index (Phi) is 5.22. The van der Waals surface area contributed by atoms with Crippen molar-refractivity contribution in [1.82, 2.24) is 9.97 Å². The van der Waals surface area contributed by atoms with E-state index in [0.29, 0.717) is 29.4 Å². The topological polar surface area (TPSA) is 141 Å². The highest BCUT2D eigenvalue weighted by Gasteiger charge is 2.23. The van der Waals surface area contributed by atoms with Crippen LogP contribution in [0.15, 0.2) is 48.7 Å². The predicted molar refractivity (Wildman–Crippen MR) is 126 cm³/mol. The van der Waals surface area contributed by atoms with Crippen LogP contribution in [0, 0.1) is 0 Å². The van der Waals surface area contributed by atoms with E-state index in [4.69, 9.17) is 5.73 Å². The minimum atomic E-state index is -1.000. The highest BCUT2D eigenvalue weighted by molar-refractivity contribution is 6.19. The van der Waals surface area contributed by atoms with Crippen LogP contribution in [0.1, 0.15) is 46.5 Å². The molecule has 0 aliphatic heterocycles. The van der Waals surface area contributed by atoms with E-state index in [0.717, 1.165) is 34.9 Å². The number of carboxylic acids is 1. The van der Waals surface area contributed by atoms with E-state index >= 15 is 0 Å². The van der Waals surface area contributed by atoms with Crippen LogP contribution < -0.4 is 11.1 Å². The monoisotopic (exact) mass is 444 g/mol. The van der Waals surface area contributed by atoms with Crippen LogP contribution in [0.2, 0.25) is 0 Å². The SMILES string of the molecule is NC(=O)c1ncc(-c2ccc(C(=O)O)c3c2[nH]c2ccccc23)cc1NC1CCC(O)CC1. The third-order valence-electron chi connectivity index (χ3n) is 6.38. The van der Waals surface area contributed by atoms with Crippen LogP contribution in [0.4, 0.5) is 5.69 Å². The summed E-state index contributed by atoms with van der Waals surface area (Å²) in [6.07, 6.45) is 4.25. The number of para-hydroxylation sites is 1. The van der Waals surface area contributed by atoms with E-state index in [2.05, 4.69) is 15.3 Å². The number of H-pyrrole nitrogens is 1. The van der Waals surface area contributed by atoms with Gasteiger partial charge in [-0.05, 0) is 43.9 Å². The highest BCUT2D eigenvalue weighted by atomic mass is 16.4. The second-order valence-corrected chi connectivity index (χ2v) is 8.52. The number of nitrogens with zero attached hydrogens (tertiary/aromatic N) is 1. The summed E-state index contributed by atoms with van der Waals surface area (Å²) in [5, 5.41) is 24.4. The number of aromatic amines is 1. The molecule has 1 aliphatic rings. The van der Waals surface area contributed by atoms with Gasteiger partial charge in [-0.1, -0.05) is 24.3 Å². The van der Waals surface area contributed by atoms with E-state index < -0.39 is 11.9 Å². The van der Waals surface area contributed by atoms with Gasteiger partial charge in [-0.15, -0.1) is 0 Å². The largest absolute Gasteiger partial charge is 0.478 e. The van der Waals surface area contributed by atoms with E-state index in [9.17, 15) is 19.8 Å². The Labute approximate surface area is 189 Å². The molecule has 8 nitrogen and oxygen atoms in total. The molecular formula is C25H24N4O4. The van der Waals surface area contributed by atoms with Gasteiger partial charge in [0, 0.05) is 39.7 Å². The molecule has 0 bridgehead atoms. The summed E-state index contributed by atoms with van der Waals surface area (Å²) < 4.78 is 0. The van der Waals surface area contributed by atoms with Crippen molar-refractivity contribution in [2.24, 2.45) is 5.73 Å². The number of aromatic carboxylic acids is 1. The number of pyridine rings is 1. The molecule has 33 heavy (non-hydrogen) atoms. The van der Waals surface area contributed by atoms with E-state index in [-0.39, 0.29) is 23.4 Å². The van der Waals surface area contributed by atoms with Crippen molar-refractivity contribution in [2.75, 3.05) is 5.32 Å². The summed E-state index contributed by atoms with van der Waals surface area (Å²) in [5.74, 6) is -1.63. The number of aliphatic hydroxyl groups excluding tert-OH is 1. The molecule has 5 rings (SSSR count). The number of primary amides is 1. The zero-order valence-electron chi connectivity index (χ0n) is 17.8. The van der Waals surface area contributed by atoms with Crippen molar-refractivity contribution in [1.29, 1.82) is 0 Å². The number of nitrogens with two attached hydrogens (primary N) is 1. The van der Waals surface area contributed by atoms with Crippen LogP contribution in [-0.4, -0.2) is 44.2 Å².